The van der Waals surface area contributed by atoms with E-state index < -0.39 is 17.9 Å². The van der Waals surface area contributed by atoms with Crippen LogP contribution < -0.4 is 10.5 Å². The Balaban J connectivity index is 1.66. The van der Waals surface area contributed by atoms with Crippen LogP contribution in [0.2, 0.25) is 0 Å². The Bertz CT molecular complexity index is 1590. The Labute approximate surface area is 210 Å². The van der Waals surface area contributed by atoms with Crippen LogP contribution in [0.5, 0.6) is 5.88 Å². The number of hydrogen-bond donors (Lipinski definition) is 1. The molecule has 5 rings (SSSR count). The zero-order chi connectivity index (χ0) is 26.1. The highest BCUT2D eigenvalue weighted by molar-refractivity contribution is 5.85. The van der Waals surface area contributed by atoms with Gasteiger partial charge in [-0.05, 0) is 67.9 Å². The van der Waals surface area contributed by atoms with Crippen molar-refractivity contribution in [2.75, 3.05) is 5.73 Å². The minimum atomic E-state index is -2.79. The summed E-state index contributed by atoms with van der Waals surface area (Å²) in [7, 11) is 0. The van der Waals surface area contributed by atoms with Crippen molar-refractivity contribution >= 4 is 17.1 Å². The van der Waals surface area contributed by atoms with Gasteiger partial charge in [0, 0.05) is 24.0 Å². The highest BCUT2D eigenvalue weighted by atomic mass is 19.3. The van der Waals surface area contributed by atoms with Crippen molar-refractivity contribution in [3.63, 3.8) is 0 Å². The van der Waals surface area contributed by atoms with E-state index in [0.717, 1.165) is 0 Å². The van der Waals surface area contributed by atoms with Gasteiger partial charge in [-0.1, -0.05) is 0 Å². The molecule has 8 nitrogen and oxygen atoms in total. The van der Waals surface area contributed by atoms with Gasteiger partial charge in [0.05, 0.1) is 11.3 Å². The Kier molecular flexibility index (Phi) is 6.43. The first-order chi connectivity index (χ1) is 17.8. The average molecular weight is 506 g/mol. The van der Waals surface area contributed by atoms with Crippen LogP contribution in [0.3, 0.4) is 0 Å². The number of fused-ring (bicyclic) bond motifs is 1. The van der Waals surface area contributed by atoms with Crippen molar-refractivity contribution in [1.82, 2.24) is 29.5 Å². The van der Waals surface area contributed by atoms with E-state index in [2.05, 4.69) is 24.9 Å². The molecule has 0 aliphatic carbocycles. The quantitative estimate of drug-likeness (QED) is 0.311. The van der Waals surface area contributed by atoms with E-state index in [1.165, 1.54) is 30.3 Å². The monoisotopic (exact) mass is 505 g/mol. The minimum absolute atomic E-state index is 0.00226. The molecule has 0 spiro atoms. The van der Waals surface area contributed by atoms with Crippen LogP contribution in [-0.4, -0.2) is 29.5 Å². The summed E-state index contributed by atoms with van der Waals surface area (Å²) in [6.07, 6.45) is -1.10. The second-order valence-electron chi connectivity index (χ2n) is 8.25. The second-order valence-corrected chi connectivity index (χ2v) is 8.25. The summed E-state index contributed by atoms with van der Waals surface area (Å²) in [5, 5.41) is 0. The number of alkyl halides is 2. The predicted molar refractivity (Wildman–Crippen MR) is 132 cm³/mol. The molecule has 0 saturated carbocycles. The topological polar surface area (TPSA) is 105 Å². The first-order valence-electron chi connectivity index (χ1n) is 11.5. The van der Waals surface area contributed by atoms with Gasteiger partial charge in [-0.3, -0.25) is 4.98 Å². The normalized spacial score (nSPS) is 11.4. The molecule has 0 unspecified atom stereocenters. The molecule has 0 aliphatic rings. The molecule has 0 fully saturated rings. The molecule has 1 aromatic carbocycles. The van der Waals surface area contributed by atoms with Crippen LogP contribution in [-0.2, 0) is 13.2 Å². The van der Waals surface area contributed by atoms with Gasteiger partial charge >= 0.3 is 0 Å². The van der Waals surface area contributed by atoms with Crippen molar-refractivity contribution in [2.45, 2.75) is 33.4 Å². The molecule has 188 valence electrons. The number of hydrogen-bond acceptors (Lipinski definition) is 7. The lowest BCUT2D eigenvalue weighted by molar-refractivity contribution is 0.146. The first-order valence-corrected chi connectivity index (χ1v) is 11.5. The number of anilines is 1. The van der Waals surface area contributed by atoms with Gasteiger partial charge in [-0.15, -0.1) is 0 Å². The molecule has 37 heavy (non-hydrogen) atoms. The SMILES string of the molecule is CCn1c(COc2nc(N)nc(-c3ccc(F)cc3)c2-c2cc(C)nc(C(F)F)c2)nc2cccnc21. The van der Waals surface area contributed by atoms with Crippen molar-refractivity contribution in [3.05, 3.63) is 77.8 Å². The number of halogens is 3. The third-order valence-electron chi connectivity index (χ3n) is 5.73. The van der Waals surface area contributed by atoms with E-state index in [-0.39, 0.29) is 18.4 Å². The molecule has 4 aromatic heterocycles. The van der Waals surface area contributed by atoms with Crippen molar-refractivity contribution in [2.24, 2.45) is 0 Å². The Morgan fingerprint density at radius 1 is 1.00 bits per heavy atom. The van der Waals surface area contributed by atoms with Crippen LogP contribution in [0, 0.1) is 12.7 Å². The summed E-state index contributed by atoms with van der Waals surface area (Å²) in [4.78, 5) is 21.6. The molecule has 11 heteroatoms. The summed E-state index contributed by atoms with van der Waals surface area (Å²) in [6.45, 7) is 4.18. The zero-order valence-electron chi connectivity index (χ0n) is 20.0. The Morgan fingerprint density at radius 2 is 1.78 bits per heavy atom. The first kappa shape index (κ1) is 24.2. The summed E-state index contributed by atoms with van der Waals surface area (Å²) in [5.41, 5.74) is 8.93. The van der Waals surface area contributed by atoms with Gasteiger partial charge in [0.2, 0.25) is 11.8 Å². The van der Waals surface area contributed by atoms with Crippen LogP contribution in [0.4, 0.5) is 19.1 Å². The van der Waals surface area contributed by atoms with Crippen LogP contribution >= 0.6 is 0 Å². The number of nitrogens with two attached hydrogens (primary N) is 1. The predicted octanol–water partition coefficient (Wildman–Crippen LogP) is 5.52. The molecule has 0 radical (unpaired) electrons. The van der Waals surface area contributed by atoms with Crippen LogP contribution in [0.1, 0.15) is 30.6 Å². The fourth-order valence-corrected chi connectivity index (χ4v) is 4.17. The van der Waals surface area contributed by atoms with Gasteiger partial charge < -0.3 is 15.0 Å². The molecule has 4 heterocycles. The van der Waals surface area contributed by atoms with Gasteiger partial charge in [0.25, 0.3) is 6.43 Å². The van der Waals surface area contributed by atoms with E-state index >= 15 is 0 Å². The maximum absolute atomic E-state index is 13.7. The number of nitrogens with zero attached hydrogens (tertiary/aromatic N) is 6. The van der Waals surface area contributed by atoms with Gasteiger partial charge in [0.15, 0.2) is 5.65 Å². The average Bonchev–Trinajstić information content (AvgIpc) is 3.24. The van der Waals surface area contributed by atoms with E-state index in [4.69, 9.17) is 10.5 Å². The highest BCUT2D eigenvalue weighted by Crippen LogP contribution is 2.39. The lowest BCUT2D eigenvalue weighted by Crippen LogP contribution is -2.10. The molecule has 2 N–H and O–H groups in total. The number of ether oxygens (including phenoxy) is 1. The molecule has 0 aliphatic heterocycles. The fraction of sp³-hybridized carbons (Fsp3) is 0.192. The number of rotatable bonds is 7. The number of benzene rings is 1. The van der Waals surface area contributed by atoms with E-state index in [1.54, 1.807) is 25.3 Å². The van der Waals surface area contributed by atoms with E-state index in [9.17, 15) is 13.2 Å². The molecule has 0 saturated heterocycles. The molecular weight excluding hydrogens is 483 g/mol. The standard InChI is InChI=1S/C26H22F3N7O/c1-3-36-20(33-18-5-4-10-31-24(18)36)13-37-25-21(16-11-14(2)32-19(12-16)23(28)29)22(34-26(30)35-25)15-6-8-17(27)9-7-15/h4-12,23H,3,13H2,1-2H3,(H2,30,34,35). The van der Waals surface area contributed by atoms with Crippen LogP contribution in [0.25, 0.3) is 33.5 Å². The number of aryl methyl sites for hydroxylation is 2. The molecular formula is C26H22F3N7O. The highest BCUT2D eigenvalue weighted by Gasteiger charge is 2.22. The number of nitrogen functional groups attached to an aromatic ring is 1. The largest absolute Gasteiger partial charge is 0.469 e. The maximum Gasteiger partial charge on any atom is 0.280 e. The molecule has 0 bridgehead atoms. The molecule has 0 amide bonds. The lowest BCUT2D eigenvalue weighted by atomic mass is 9.99. The third-order valence-corrected chi connectivity index (χ3v) is 5.73. The van der Waals surface area contributed by atoms with Crippen molar-refractivity contribution in [1.29, 1.82) is 0 Å². The number of aromatic nitrogens is 6. The Morgan fingerprint density at radius 3 is 2.51 bits per heavy atom. The smallest absolute Gasteiger partial charge is 0.280 e. The Hall–Kier alpha value is -4.54. The van der Waals surface area contributed by atoms with E-state index in [0.29, 0.717) is 51.6 Å². The maximum atomic E-state index is 13.7. The minimum Gasteiger partial charge on any atom is -0.469 e. The van der Waals surface area contributed by atoms with E-state index in [1.807, 2.05) is 17.6 Å². The number of imidazole rings is 1. The van der Waals surface area contributed by atoms with Gasteiger partial charge in [0.1, 0.15) is 29.5 Å². The van der Waals surface area contributed by atoms with Crippen molar-refractivity contribution < 1.29 is 17.9 Å². The van der Waals surface area contributed by atoms with Crippen LogP contribution in [0.15, 0.2) is 54.7 Å². The zero-order valence-corrected chi connectivity index (χ0v) is 20.0. The summed E-state index contributed by atoms with van der Waals surface area (Å²) >= 11 is 0. The second kappa shape index (κ2) is 9.84. The number of pyridine rings is 2. The van der Waals surface area contributed by atoms with Crippen molar-refractivity contribution in [3.8, 4) is 28.3 Å². The summed E-state index contributed by atoms with van der Waals surface area (Å²) < 4.78 is 49.0. The third kappa shape index (κ3) is 4.80. The fourth-order valence-electron chi connectivity index (χ4n) is 4.17. The summed E-state index contributed by atoms with van der Waals surface area (Å²) in [6, 6.07) is 12.1. The summed E-state index contributed by atoms with van der Waals surface area (Å²) in [5.74, 6) is 0.140. The van der Waals surface area contributed by atoms with Gasteiger partial charge in [-0.2, -0.15) is 4.98 Å². The molecule has 0 atom stereocenters. The lowest BCUT2D eigenvalue weighted by Gasteiger charge is -2.17. The molecule has 5 aromatic rings. The van der Waals surface area contributed by atoms with Gasteiger partial charge in [-0.25, -0.2) is 28.1 Å².